The van der Waals surface area contributed by atoms with E-state index >= 15 is 0 Å². The van der Waals surface area contributed by atoms with Gasteiger partial charge in [0.05, 0.1) is 6.26 Å². The number of rotatable bonds is 1. The predicted octanol–water partition coefficient (Wildman–Crippen LogP) is 4.01. The van der Waals surface area contributed by atoms with Gasteiger partial charge in [0.1, 0.15) is 5.02 Å². The van der Waals surface area contributed by atoms with Crippen LogP contribution >= 0.6 is 34.8 Å². The summed E-state index contributed by atoms with van der Waals surface area (Å²) < 4.78 is 5.21. The number of aryl methyl sites for hydroxylation is 1. The molecule has 15 heavy (non-hydrogen) atoms. The minimum atomic E-state index is 0.113. The molecule has 2 aromatic rings. The zero-order valence-corrected chi connectivity index (χ0v) is 9.86. The first-order chi connectivity index (χ1) is 7.09. The highest BCUT2D eigenvalue weighted by Gasteiger charge is 2.14. The summed E-state index contributed by atoms with van der Waals surface area (Å²) in [4.78, 5) is 7.96. The van der Waals surface area contributed by atoms with Gasteiger partial charge in [-0.1, -0.05) is 34.8 Å². The lowest BCUT2D eigenvalue weighted by atomic mass is 10.3. The molecule has 78 valence electrons. The van der Waals surface area contributed by atoms with Crippen molar-refractivity contribution in [3.8, 4) is 11.6 Å². The van der Waals surface area contributed by atoms with Crippen LogP contribution in [0.15, 0.2) is 16.7 Å². The number of hydrogen-bond acceptors (Lipinski definition) is 3. The summed E-state index contributed by atoms with van der Waals surface area (Å²) in [6, 6.07) is 1.80. The van der Waals surface area contributed by atoms with Crippen molar-refractivity contribution in [2.75, 3.05) is 0 Å². The Balaban J connectivity index is 2.60. The maximum absolute atomic E-state index is 5.78. The van der Waals surface area contributed by atoms with E-state index in [1.165, 1.54) is 0 Å². The molecule has 0 atom stereocenters. The Morgan fingerprint density at radius 3 is 2.20 bits per heavy atom. The lowest BCUT2D eigenvalue weighted by Gasteiger charge is -2.01. The predicted molar refractivity (Wildman–Crippen MR) is 59.5 cm³/mol. The lowest BCUT2D eigenvalue weighted by Crippen LogP contribution is -1.91. The molecule has 0 radical (unpaired) electrons. The van der Waals surface area contributed by atoms with Crippen molar-refractivity contribution in [3.05, 3.63) is 33.2 Å². The first-order valence-corrected chi connectivity index (χ1v) is 5.16. The van der Waals surface area contributed by atoms with Crippen LogP contribution in [0.25, 0.3) is 11.6 Å². The van der Waals surface area contributed by atoms with Gasteiger partial charge in [-0.15, -0.1) is 0 Å². The molecule has 0 N–H and O–H groups in total. The molecule has 0 spiro atoms. The summed E-state index contributed by atoms with van der Waals surface area (Å²) in [6.07, 6.45) is 1.55. The van der Waals surface area contributed by atoms with Crippen LogP contribution in [0.3, 0.4) is 0 Å². The SMILES string of the molecule is Cc1ccoc1-c1nc(Cl)c(Cl)c(Cl)n1. The molecule has 0 amide bonds. The Labute approximate surface area is 101 Å². The minimum absolute atomic E-state index is 0.113. The van der Waals surface area contributed by atoms with Crippen LogP contribution in [0.2, 0.25) is 15.3 Å². The maximum Gasteiger partial charge on any atom is 0.198 e. The molecule has 0 aliphatic heterocycles. The van der Waals surface area contributed by atoms with Gasteiger partial charge in [0.25, 0.3) is 0 Å². The normalized spacial score (nSPS) is 10.7. The second kappa shape index (κ2) is 4.00. The van der Waals surface area contributed by atoms with Crippen molar-refractivity contribution in [2.45, 2.75) is 6.92 Å². The molecule has 0 bridgehead atoms. The highest BCUT2D eigenvalue weighted by molar-refractivity contribution is 6.46. The number of halogens is 3. The molecule has 0 aromatic carbocycles. The molecule has 0 saturated heterocycles. The smallest absolute Gasteiger partial charge is 0.198 e. The van der Waals surface area contributed by atoms with Crippen LogP contribution < -0.4 is 0 Å². The van der Waals surface area contributed by atoms with Crippen LogP contribution in [-0.4, -0.2) is 9.97 Å². The molecule has 3 nitrogen and oxygen atoms in total. The molecular formula is C9H5Cl3N2O. The number of furan rings is 1. The molecule has 2 aromatic heterocycles. The maximum atomic E-state index is 5.78. The van der Waals surface area contributed by atoms with E-state index in [4.69, 9.17) is 39.2 Å². The Morgan fingerprint density at radius 2 is 1.73 bits per heavy atom. The van der Waals surface area contributed by atoms with Crippen molar-refractivity contribution in [1.29, 1.82) is 0 Å². The quantitative estimate of drug-likeness (QED) is 0.730. The van der Waals surface area contributed by atoms with Crippen LogP contribution in [0.4, 0.5) is 0 Å². The van der Waals surface area contributed by atoms with E-state index < -0.39 is 0 Å². The molecule has 2 heterocycles. The number of hydrogen-bond donors (Lipinski definition) is 0. The molecule has 0 aliphatic carbocycles. The standard InChI is InChI=1S/C9H5Cl3N2O/c1-4-2-3-15-6(4)9-13-7(11)5(10)8(12)14-9/h2-3H,1H3. The molecule has 0 saturated carbocycles. The summed E-state index contributed by atoms with van der Waals surface area (Å²) in [7, 11) is 0. The largest absolute Gasteiger partial charge is 0.461 e. The molecule has 2 rings (SSSR count). The van der Waals surface area contributed by atoms with E-state index in [1.54, 1.807) is 12.3 Å². The second-order valence-corrected chi connectivity index (χ2v) is 3.97. The van der Waals surface area contributed by atoms with Gasteiger partial charge in [0, 0.05) is 0 Å². The van der Waals surface area contributed by atoms with Crippen molar-refractivity contribution in [1.82, 2.24) is 9.97 Å². The van der Waals surface area contributed by atoms with E-state index in [-0.39, 0.29) is 15.3 Å². The average molecular weight is 264 g/mol. The monoisotopic (exact) mass is 262 g/mol. The summed E-state index contributed by atoms with van der Waals surface area (Å²) in [6.45, 7) is 1.87. The van der Waals surface area contributed by atoms with Gasteiger partial charge < -0.3 is 4.42 Å². The second-order valence-electron chi connectivity index (χ2n) is 2.88. The van der Waals surface area contributed by atoms with Crippen molar-refractivity contribution in [3.63, 3.8) is 0 Å². The number of nitrogens with zero attached hydrogens (tertiary/aromatic N) is 2. The van der Waals surface area contributed by atoms with Crippen LogP contribution in [-0.2, 0) is 0 Å². The van der Waals surface area contributed by atoms with Crippen molar-refractivity contribution < 1.29 is 4.42 Å². The molecule has 0 fully saturated rings. The summed E-state index contributed by atoms with van der Waals surface area (Å²) in [5.41, 5.74) is 0.907. The van der Waals surface area contributed by atoms with Crippen LogP contribution in [0, 0.1) is 6.92 Å². The van der Waals surface area contributed by atoms with Gasteiger partial charge in [-0.05, 0) is 18.6 Å². The third-order valence-corrected chi connectivity index (χ3v) is 2.93. The van der Waals surface area contributed by atoms with Gasteiger partial charge in [-0.2, -0.15) is 0 Å². The molecule has 0 unspecified atom stereocenters. The Hall–Kier alpha value is -0.770. The lowest BCUT2D eigenvalue weighted by molar-refractivity contribution is 0.575. The van der Waals surface area contributed by atoms with Gasteiger partial charge in [0.15, 0.2) is 21.9 Å². The van der Waals surface area contributed by atoms with Gasteiger partial charge in [-0.3, -0.25) is 0 Å². The summed E-state index contributed by atoms with van der Waals surface area (Å²) >= 11 is 17.3. The molecule has 6 heteroatoms. The van der Waals surface area contributed by atoms with Crippen molar-refractivity contribution in [2.24, 2.45) is 0 Å². The van der Waals surface area contributed by atoms with Gasteiger partial charge in [-0.25, -0.2) is 9.97 Å². The summed E-state index contributed by atoms with van der Waals surface area (Å²) in [5, 5.41) is 0.372. The zero-order valence-electron chi connectivity index (χ0n) is 7.59. The highest BCUT2D eigenvalue weighted by Crippen LogP contribution is 2.30. The fourth-order valence-electron chi connectivity index (χ4n) is 1.10. The Kier molecular flexibility index (Phi) is 2.87. The van der Waals surface area contributed by atoms with E-state index in [9.17, 15) is 0 Å². The first kappa shape index (κ1) is 10.7. The van der Waals surface area contributed by atoms with Gasteiger partial charge in [0.2, 0.25) is 0 Å². The van der Waals surface area contributed by atoms with Crippen molar-refractivity contribution >= 4 is 34.8 Å². The van der Waals surface area contributed by atoms with E-state index in [0.29, 0.717) is 11.6 Å². The fourth-order valence-corrected chi connectivity index (χ4v) is 1.57. The number of aromatic nitrogens is 2. The Morgan fingerprint density at radius 1 is 1.13 bits per heavy atom. The third kappa shape index (κ3) is 1.95. The molecular weight excluding hydrogens is 258 g/mol. The minimum Gasteiger partial charge on any atom is -0.461 e. The fraction of sp³-hybridized carbons (Fsp3) is 0.111. The van der Waals surface area contributed by atoms with E-state index in [0.717, 1.165) is 5.56 Å². The summed E-state index contributed by atoms with van der Waals surface area (Å²) in [5.74, 6) is 0.868. The zero-order chi connectivity index (χ0) is 11.0. The van der Waals surface area contributed by atoms with Crippen LogP contribution in [0.1, 0.15) is 5.56 Å². The van der Waals surface area contributed by atoms with Crippen LogP contribution in [0.5, 0.6) is 0 Å². The first-order valence-electron chi connectivity index (χ1n) is 4.02. The van der Waals surface area contributed by atoms with E-state index in [2.05, 4.69) is 9.97 Å². The highest BCUT2D eigenvalue weighted by atomic mass is 35.5. The van der Waals surface area contributed by atoms with Gasteiger partial charge >= 0.3 is 0 Å². The third-order valence-electron chi connectivity index (χ3n) is 1.84. The Bertz CT molecular complexity index is 487. The molecule has 0 aliphatic rings. The topological polar surface area (TPSA) is 38.9 Å². The van der Waals surface area contributed by atoms with E-state index in [1.807, 2.05) is 6.92 Å². The average Bonchev–Trinajstić information content (AvgIpc) is 2.60.